The largest absolute Gasteiger partial charge is 0.462 e. The molecule has 15 heavy (non-hydrogen) atoms. The van der Waals surface area contributed by atoms with Crippen molar-refractivity contribution in [2.75, 3.05) is 6.61 Å². The average Bonchev–Trinajstić information content (AvgIpc) is 2.26. The molecule has 2 nitrogen and oxygen atoms in total. The summed E-state index contributed by atoms with van der Waals surface area (Å²) >= 11 is 0. The Morgan fingerprint density at radius 1 is 1.47 bits per heavy atom. The Morgan fingerprint density at radius 2 is 2.07 bits per heavy atom. The van der Waals surface area contributed by atoms with Gasteiger partial charge in [-0.25, -0.2) is 4.79 Å². The summed E-state index contributed by atoms with van der Waals surface area (Å²) in [5.74, 6) is -0.0132. The molecule has 0 aliphatic heterocycles. The van der Waals surface area contributed by atoms with Crippen molar-refractivity contribution in [3.8, 4) is 0 Å². The second-order valence-electron chi connectivity index (χ2n) is 3.76. The van der Waals surface area contributed by atoms with Crippen molar-refractivity contribution < 1.29 is 9.53 Å². The third-order valence-corrected chi connectivity index (χ3v) is 1.86. The fourth-order valence-corrected chi connectivity index (χ4v) is 1.04. The molecule has 1 aromatic rings. The van der Waals surface area contributed by atoms with Crippen molar-refractivity contribution in [1.82, 2.24) is 0 Å². The summed E-state index contributed by atoms with van der Waals surface area (Å²) in [6.07, 6.45) is 0. The van der Waals surface area contributed by atoms with Crippen LogP contribution in [0.15, 0.2) is 30.8 Å². The lowest BCUT2D eigenvalue weighted by atomic mass is 10.1. The van der Waals surface area contributed by atoms with Crippen LogP contribution in [0.2, 0.25) is 0 Å². The lowest BCUT2D eigenvalue weighted by molar-refractivity contribution is -0.137. The summed E-state index contributed by atoms with van der Waals surface area (Å²) < 4.78 is 5.07. The highest BCUT2D eigenvalue weighted by molar-refractivity contribution is 6.15. The van der Waals surface area contributed by atoms with E-state index in [2.05, 4.69) is 12.6 Å². The fourth-order valence-electron chi connectivity index (χ4n) is 1.04. The van der Waals surface area contributed by atoms with Crippen molar-refractivity contribution in [1.29, 1.82) is 0 Å². The normalized spacial score (nSPS) is 10.1. The van der Waals surface area contributed by atoms with Gasteiger partial charge in [0, 0.05) is 0 Å². The van der Waals surface area contributed by atoms with E-state index in [0.29, 0.717) is 18.1 Å². The molecule has 0 N–H and O–H groups in total. The number of benzene rings is 1. The first-order chi connectivity index (χ1) is 7.11. The summed E-state index contributed by atoms with van der Waals surface area (Å²) in [5, 5.41) is 0. The van der Waals surface area contributed by atoms with Crippen molar-refractivity contribution >= 4 is 11.5 Å². The van der Waals surface area contributed by atoms with Gasteiger partial charge in [-0.3, -0.25) is 0 Å². The minimum absolute atomic E-state index is 0.339. The molecule has 0 saturated carbocycles. The highest BCUT2D eigenvalue weighted by Crippen LogP contribution is 2.13. The molecule has 1 aromatic carbocycles. The van der Waals surface area contributed by atoms with E-state index in [9.17, 15) is 4.79 Å². The highest BCUT2D eigenvalue weighted by atomic mass is 16.5. The van der Waals surface area contributed by atoms with E-state index in [1.165, 1.54) is 0 Å². The Balaban J connectivity index is 2.58. The van der Waals surface area contributed by atoms with Crippen molar-refractivity contribution in [2.45, 2.75) is 13.8 Å². The zero-order valence-corrected chi connectivity index (χ0v) is 9.12. The van der Waals surface area contributed by atoms with Gasteiger partial charge < -0.3 is 4.74 Å². The number of rotatable bonds is 4. The van der Waals surface area contributed by atoms with Crippen LogP contribution in [-0.4, -0.2) is 12.6 Å². The third kappa shape index (κ3) is 3.58. The Labute approximate surface area is 90.6 Å². The molecule has 1 rings (SSSR count). The van der Waals surface area contributed by atoms with Gasteiger partial charge in [0.05, 0.1) is 12.2 Å². The molecular formula is C13H15O2. The number of hydrogen-bond acceptors (Lipinski definition) is 2. The quantitative estimate of drug-likeness (QED) is 0.555. The van der Waals surface area contributed by atoms with Gasteiger partial charge in [0.2, 0.25) is 0 Å². The predicted molar refractivity (Wildman–Crippen MR) is 60.1 cm³/mol. The minimum Gasteiger partial charge on any atom is -0.462 e. The number of carbonyl (C=O) groups excluding carboxylic acids is 1. The standard InChI is InChI=1S/C13H15O2/c1-10(2)9-15-13(14)11(3)12-7-5-4-6-8-12/h5-8,10H,3,9H2,1-2H3. The molecule has 0 amide bonds. The fraction of sp³-hybridized carbons (Fsp3) is 0.308. The molecule has 2 heteroatoms. The molecule has 0 aliphatic rings. The van der Waals surface area contributed by atoms with Crippen LogP contribution in [0.4, 0.5) is 0 Å². The first-order valence-corrected chi connectivity index (χ1v) is 4.93. The van der Waals surface area contributed by atoms with Gasteiger partial charge in [-0.15, -0.1) is 0 Å². The zero-order chi connectivity index (χ0) is 11.3. The van der Waals surface area contributed by atoms with Crippen molar-refractivity contribution in [3.63, 3.8) is 0 Å². The predicted octanol–water partition coefficient (Wildman–Crippen LogP) is 2.70. The van der Waals surface area contributed by atoms with Crippen LogP contribution < -0.4 is 0 Å². The highest BCUT2D eigenvalue weighted by Gasteiger charge is 2.10. The smallest absolute Gasteiger partial charge is 0.338 e. The van der Waals surface area contributed by atoms with E-state index in [0.717, 1.165) is 5.56 Å². The number of ether oxygens (including phenoxy) is 1. The molecule has 0 spiro atoms. The zero-order valence-electron chi connectivity index (χ0n) is 9.12. The van der Waals surface area contributed by atoms with Crippen LogP contribution in [0, 0.1) is 12.0 Å². The molecule has 79 valence electrons. The molecule has 0 heterocycles. The van der Waals surface area contributed by atoms with E-state index in [1.54, 1.807) is 24.3 Å². The van der Waals surface area contributed by atoms with Crippen molar-refractivity contribution in [3.05, 3.63) is 42.5 Å². The topological polar surface area (TPSA) is 26.3 Å². The third-order valence-electron chi connectivity index (χ3n) is 1.86. The van der Waals surface area contributed by atoms with Crippen LogP contribution in [0.5, 0.6) is 0 Å². The van der Waals surface area contributed by atoms with Gasteiger partial charge in [-0.05, 0) is 17.5 Å². The molecule has 1 radical (unpaired) electrons. The van der Waals surface area contributed by atoms with E-state index in [1.807, 2.05) is 13.8 Å². The molecule has 0 bridgehead atoms. The van der Waals surface area contributed by atoms with Crippen LogP contribution >= 0.6 is 0 Å². The maximum absolute atomic E-state index is 11.5. The number of carbonyl (C=O) groups is 1. The van der Waals surface area contributed by atoms with E-state index in [-0.39, 0.29) is 5.97 Å². The van der Waals surface area contributed by atoms with Crippen LogP contribution in [0.1, 0.15) is 19.4 Å². The SMILES string of the molecule is C=C(C(=O)OCC(C)C)c1cc[c]cc1. The number of hydrogen-bond donors (Lipinski definition) is 0. The maximum atomic E-state index is 11.5. The Bertz CT molecular complexity index is 339. The summed E-state index contributed by atoms with van der Waals surface area (Å²) in [5.41, 5.74) is 1.17. The second kappa shape index (κ2) is 5.35. The molecule has 0 saturated heterocycles. The Kier molecular flexibility index (Phi) is 4.10. The van der Waals surface area contributed by atoms with E-state index in [4.69, 9.17) is 4.74 Å². The number of esters is 1. The van der Waals surface area contributed by atoms with Crippen molar-refractivity contribution in [2.24, 2.45) is 5.92 Å². The van der Waals surface area contributed by atoms with Crippen LogP contribution in [0.25, 0.3) is 5.57 Å². The second-order valence-corrected chi connectivity index (χ2v) is 3.76. The molecular weight excluding hydrogens is 188 g/mol. The van der Waals surface area contributed by atoms with E-state index < -0.39 is 0 Å². The van der Waals surface area contributed by atoms with Gasteiger partial charge in [-0.2, -0.15) is 0 Å². The molecule has 0 aromatic heterocycles. The van der Waals surface area contributed by atoms with Crippen LogP contribution in [0.3, 0.4) is 0 Å². The Morgan fingerprint density at radius 3 is 2.60 bits per heavy atom. The molecule has 0 atom stereocenters. The monoisotopic (exact) mass is 203 g/mol. The summed E-state index contributed by atoms with van der Waals surface area (Å²) in [4.78, 5) is 11.5. The molecule has 0 unspecified atom stereocenters. The summed E-state index contributed by atoms with van der Waals surface area (Å²) in [7, 11) is 0. The first-order valence-electron chi connectivity index (χ1n) is 4.93. The van der Waals surface area contributed by atoms with Gasteiger partial charge in [0.15, 0.2) is 0 Å². The maximum Gasteiger partial charge on any atom is 0.338 e. The summed E-state index contributed by atoms with van der Waals surface area (Å²) in [6.45, 7) is 8.13. The average molecular weight is 203 g/mol. The molecule has 0 aliphatic carbocycles. The minimum atomic E-state index is -0.352. The van der Waals surface area contributed by atoms with Gasteiger partial charge in [-0.1, -0.05) is 44.7 Å². The van der Waals surface area contributed by atoms with E-state index >= 15 is 0 Å². The summed E-state index contributed by atoms with van der Waals surface area (Å²) in [6, 6.07) is 9.96. The lowest BCUT2D eigenvalue weighted by Crippen LogP contribution is -2.10. The van der Waals surface area contributed by atoms with Gasteiger partial charge in [0.25, 0.3) is 0 Å². The van der Waals surface area contributed by atoms with Gasteiger partial charge in [0.1, 0.15) is 0 Å². The molecule has 0 fully saturated rings. The first kappa shape index (κ1) is 11.5. The lowest BCUT2D eigenvalue weighted by Gasteiger charge is -2.08. The van der Waals surface area contributed by atoms with Crippen LogP contribution in [-0.2, 0) is 9.53 Å². The van der Waals surface area contributed by atoms with Gasteiger partial charge >= 0.3 is 5.97 Å². The Hall–Kier alpha value is -1.57.